The van der Waals surface area contributed by atoms with E-state index in [9.17, 15) is 0 Å². The Labute approximate surface area is 75.3 Å². The maximum absolute atomic E-state index is 8.12. The first kappa shape index (κ1) is 8.57. The summed E-state index contributed by atoms with van der Waals surface area (Å²) in [5.41, 5.74) is 0.713. The zero-order valence-corrected chi connectivity index (χ0v) is 6.92. The largest absolute Gasteiger partial charge is 0.283 e. The van der Waals surface area contributed by atoms with Crippen LogP contribution in [0.5, 0.6) is 0 Å². The van der Waals surface area contributed by atoms with E-state index >= 15 is 0 Å². The van der Waals surface area contributed by atoms with Crippen molar-refractivity contribution in [3.05, 3.63) is 29.3 Å². The van der Waals surface area contributed by atoms with Gasteiger partial charge in [0.25, 0.3) is 0 Å². The predicted octanol–water partition coefficient (Wildman–Crippen LogP) is 2.07. The Bertz CT molecular complexity index is 327. The molecule has 0 aliphatic carbocycles. The Morgan fingerprint density at radius 2 is 2.42 bits per heavy atom. The standard InChI is InChI=1S/C8H6ClN3/c9-7-2-1-3-8(4-7)12-6-11-5-10/h1-4,6H,(H,11,12). The molecule has 0 aliphatic rings. The van der Waals surface area contributed by atoms with Gasteiger partial charge in [0, 0.05) is 5.02 Å². The summed E-state index contributed by atoms with van der Waals surface area (Å²) in [4.78, 5) is 3.91. The van der Waals surface area contributed by atoms with Crippen LogP contribution >= 0.6 is 11.6 Å². The summed E-state index contributed by atoms with van der Waals surface area (Å²) in [5.74, 6) is 0. The van der Waals surface area contributed by atoms with Gasteiger partial charge in [-0.15, -0.1) is 0 Å². The fourth-order valence-electron chi connectivity index (χ4n) is 0.692. The van der Waals surface area contributed by atoms with Crippen molar-refractivity contribution in [3.8, 4) is 6.19 Å². The van der Waals surface area contributed by atoms with Gasteiger partial charge < -0.3 is 0 Å². The minimum absolute atomic E-state index is 0.626. The fraction of sp³-hybridized carbons (Fsp3) is 0. The van der Waals surface area contributed by atoms with Gasteiger partial charge in [-0.05, 0) is 18.2 Å². The minimum Gasteiger partial charge on any atom is -0.283 e. The smallest absolute Gasteiger partial charge is 0.182 e. The van der Waals surface area contributed by atoms with E-state index in [0.717, 1.165) is 0 Å². The molecule has 0 aliphatic heterocycles. The van der Waals surface area contributed by atoms with Crippen LogP contribution in [0.25, 0.3) is 0 Å². The lowest BCUT2D eigenvalue weighted by Crippen LogP contribution is -1.98. The maximum atomic E-state index is 8.12. The van der Waals surface area contributed by atoms with Gasteiger partial charge >= 0.3 is 0 Å². The van der Waals surface area contributed by atoms with Crippen molar-refractivity contribution in [2.75, 3.05) is 0 Å². The van der Waals surface area contributed by atoms with Crippen LogP contribution in [0, 0.1) is 11.5 Å². The molecule has 0 amide bonds. The summed E-state index contributed by atoms with van der Waals surface area (Å²) in [7, 11) is 0. The third kappa shape index (κ3) is 2.60. The van der Waals surface area contributed by atoms with Crippen molar-refractivity contribution in [1.29, 1.82) is 5.26 Å². The molecule has 1 aromatic rings. The quantitative estimate of drug-likeness (QED) is 0.327. The minimum atomic E-state index is 0.626. The van der Waals surface area contributed by atoms with Gasteiger partial charge in [0.15, 0.2) is 6.19 Å². The Kier molecular flexibility index (Phi) is 3.12. The van der Waals surface area contributed by atoms with E-state index in [4.69, 9.17) is 16.9 Å². The second-order valence-corrected chi connectivity index (χ2v) is 2.43. The van der Waals surface area contributed by atoms with E-state index in [0.29, 0.717) is 10.7 Å². The molecule has 1 N–H and O–H groups in total. The molecule has 0 saturated heterocycles. The Balaban J connectivity index is 2.71. The number of benzene rings is 1. The van der Waals surface area contributed by atoms with Crippen molar-refractivity contribution >= 4 is 23.6 Å². The molecular weight excluding hydrogens is 174 g/mol. The molecule has 0 spiro atoms. The third-order valence-corrected chi connectivity index (χ3v) is 1.39. The highest BCUT2D eigenvalue weighted by atomic mass is 35.5. The van der Waals surface area contributed by atoms with Crippen LogP contribution in [0.15, 0.2) is 29.3 Å². The molecule has 0 aromatic heterocycles. The molecule has 60 valence electrons. The van der Waals surface area contributed by atoms with Crippen LogP contribution in [0.3, 0.4) is 0 Å². The van der Waals surface area contributed by atoms with Crippen LogP contribution < -0.4 is 5.32 Å². The molecule has 4 heteroatoms. The van der Waals surface area contributed by atoms with Crippen molar-refractivity contribution in [1.82, 2.24) is 5.32 Å². The zero-order valence-electron chi connectivity index (χ0n) is 6.16. The SMILES string of the molecule is N#CNC=Nc1cccc(Cl)c1. The lowest BCUT2D eigenvalue weighted by Gasteiger charge is -1.92. The van der Waals surface area contributed by atoms with E-state index in [2.05, 4.69) is 10.3 Å². The lowest BCUT2D eigenvalue weighted by molar-refractivity contribution is 1.29. The van der Waals surface area contributed by atoms with Crippen molar-refractivity contribution in [3.63, 3.8) is 0 Å². The number of halogens is 1. The predicted molar refractivity (Wildman–Crippen MR) is 48.4 cm³/mol. The van der Waals surface area contributed by atoms with E-state index in [1.165, 1.54) is 6.34 Å². The number of aliphatic imine (C=N–C) groups is 1. The summed E-state index contributed by atoms with van der Waals surface area (Å²) in [6.45, 7) is 0. The van der Waals surface area contributed by atoms with Gasteiger partial charge in [0.05, 0.1) is 5.69 Å². The van der Waals surface area contributed by atoms with E-state index in [1.807, 2.05) is 0 Å². The van der Waals surface area contributed by atoms with Gasteiger partial charge in [0.2, 0.25) is 0 Å². The molecular formula is C8H6ClN3. The topological polar surface area (TPSA) is 48.2 Å². The number of nitriles is 1. The highest BCUT2D eigenvalue weighted by molar-refractivity contribution is 6.30. The van der Waals surface area contributed by atoms with Gasteiger partial charge in [-0.2, -0.15) is 5.26 Å². The Morgan fingerprint density at radius 3 is 3.08 bits per heavy atom. The van der Waals surface area contributed by atoms with Crippen molar-refractivity contribution in [2.45, 2.75) is 0 Å². The molecule has 1 aromatic carbocycles. The number of rotatable bonds is 2. The molecule has 0 fully saturated rings. The van der Waals surface area contributed by atoms with Crippen LogP contribution in [-0.2, 0) is 0 Å². The van der Waals surface area contributed by atoms with Crippen molar-refractivity contribution in [2.24, 2.45) is 4.99 Å². The molecule has 0 saturated carbocycles. The number of hydrogen-bond acceptors (Lipinski definition) is 2. The molecule has 1 rings (SSSR count). The zero-order chi connectivity index (χ0) is 8.81. The Morgan fingerprint density at radius 1 is 1.58 bits per heavy atom. The highest BCUT2D eigenvalue weighted by Crippen LogP contribution is 2.16. The monoisotopic (exact) mass is 179 g/mol. The normalized spacial score (nSPS) is 9.67. The molecule has 3 nitrogen and oxygen atoms in total. The fourth-order valence-corrected chi connectivity index (χ4v) is 0.877. The summed E-state index contributed by atoms with van der Waals surface area (Å²) in [5, 5.41) is 11.0. The Hall–Kier alpha value is -1.53. The molecule has 0 bridgehead atoms. The molecule has 12 heavy (non-hydrogen) atoms. The van der Waals surface area contributed by atoms with Crippen LogP contribution in [0.4, 0.5) is 5.69 Å². The van der Waals surface area contributed by atoms with Crippen LogP contribution in [-0.4, -0.2) is 6.34 Å². The number of hydrogen-bond donors (Lipinski definition) is 1. The third-order valence-electron chi connectivity index (χ3n) is 1.15. The van der Waals surface area contributed by atoms with Gasteiger partial charge in [0.1, 0.15) is 6.34 Å². The maximum Gasteiger partial charge on any atom is 0.182 e. The van der Waals surface area contributed by atoms with E-state index in [1.54, 1.807) is 30.5 Å². The van der Waals surface area contributed by atoms with Gasteiger partial charge in [-0.3, -0.25) is 5.32 Å². The molecule has 0 radical (unpaired) electrons. The first-order valence-corrected chi connectivity index (χ1v) is 3.63. The van der Waals surface area contributed by atoms with E-state index in [-0.39, 0.29) is 0 Å². The first-order valence-electron chi connectivity index (χ1n) is 3.25. The first-order chi connectivity index (χ1) is 5.83. The summed E-state index contributed by atoms with van der Waals surface area (Å²) >= 11 is 5.70. The number of nitrogens with one attached hydrogen (secondary N) is 1. The molecule has 0 unspecified atom stereocenters. The molecule has 0 atom stereocenters. The average Bonchev–Trinajstić information content (AvgIpc) is 2.05. The average molecular weight is 180 g/mol. The van der Waals surface area contributed by atoms with Crippen LogP contribution in [0.1, 0.15) is 0 Å². The summed E-state index contributed by atoms with van der Waals surface area (Å²) in [6, 6.07) is 7.05. The summed E-state index contributed by atoms with van der Waals surface area (Å²) in [6.07, 6.45) is 3.03. The molecule has 0 heterocycles. The summed E-state index contributed by atoms with van der Waals surface area (Å²) < 4.78 is 0. The van der Waals surface area contributed by atoms with Crippen molar-refractivity contribution < 1.29 is 0 Å². The van der Waals surface area contributed by atoms with Crippen LogP contribution in [0.2, 0.25) is 5.02 Å². The van der Waals surface area contributed by atoms with Gasteiger partial charge in [-0.1, -0.05) is 17.7 Å². The lowest BCUT2D eigenvalue weighted by atomic mass is 10.3. The number of nitrogens with zero attached hydrogens (tertiary/aromatic N) is 2. The van der Waals surface area contributed by atoms with Gasteiger partial charge in [-0.25, -0.2) is 4.99 Å². The second-order valence-electron chi connectivity index (χ2n) is 1.99. The second kappa shape index (κ2) is 4.37. The van der Waals surface area contributed by atoms with E-state index < -0.39 is 0 Å². The highest BCUT2D eigenvalue weighted by Gasteiger charge is 1.88.